The van der Waals surface area contributed by atoms with Gasteiger partial charge in [-0.1, -0.05) is 29.8 Å². The minimum atomic E-state index is -0.850. The van der Waals surface area contributed by atoms with Crippen LogP contribution in [0, 0.1) is 6.92 Å². The fraction of sp³-hybridized carbons (Fsp3) is 0.429. The molecule has 6 heteroatoms. The van der Waals surface area contributed by atoms with Crippen molar-refractivity contribution in [3.63, 3.8) is 0 Å². The van der Waals surface area contributed by atoms with E-state index < -0.39 is 5.97 Å². The summed E-state index contributed by atoms with van der Waals surface area (Å²) in [6.45, 7) is 3.86. The van der Waals surface area contributed by atoms with Crippen molar-refractivity contribution < 1.29 is 9.90 Å². The number of aromatic nitrogens is 4. The van der Waals surface area contributed by atoms with E-state index >= 15 is 0 Å². The van der Waals surface area contributed by atoms with Gasteiger partial charge in [0, 0.05) is 6.42 Å². The Morgan fingerprint density at radius 3 is 2.65 bits per heavy atom. The number of hydrogen-bond acceptors (Lipinski definition) is 4. The molecule has 0 amide bonds. The summed E-state index contributed by atoms with van der Waals surface area (Å²) in [4.78, 5) is 10.7. The Hall–Kier alpha value is -2.24. The first-order chi connectivity index (χ1) is 9.56. The number of rotatable bonds is 6. The van der Waals surface area contributed by atoms with Gasteiger partial charge < -0.3 is 5.11 Å². The van der Waals surface area contributed by atoms with Gasteiger partial charge in [-0.05, 0) is 36.3 Å². The first-order valence-corrected chi connectivity index (χ1v) is 6.60. The van der Waals surface area contributed by atoms with Crippen molar-refractivity contribution in [2.75, 3.05) is 0 Å². The van der Waals surface area contributed by atoms with Crippen LogP contribution in [0.15, 0.2) is 24.3 Å². The number of benzene rings is 1. The van der Waals surface area contributed by atoms with Crippen molar-refractivity contribution in [1.29, 1.82) is 0 Å². The third-order valence-corrected chi connectivity index (χ3v) is 3.21. The van der Waals surface area contributed by atoms with Gasteiger partial charge in [-0.15, -0.1) is 5.10 Å². The molecule has 1 aromatic heterocycles. The second kappa shape index (κ2) is 6.27. The predicted octanol–water partition coefficient (Wildman–Crippen LogP) is 1.80. The van der Waals surface area contributed by atoms with E-state index in [9.17, 15) is 4.79 Å². The van der Waals surface area contributed by atoms with Gasteiger partial charge in [0.15, 0.2) is 5.82 Å². The molecule has 0 spiro atoms. The first kappa shape index (κ1) is 14.2. The first-order valence-electron chi connectivity index (χ1n) is 6.60. The van der Waals surface area contributed by atoms with E-state index in [1.165, 1.54) is 11.1 Å². The van der Waals surface area contributed by atoms with Gasteiger partial charge >= 0.3 is 5.97 Å². The summed E-state index contributed by atoms with van der Waals surface area (Å²) >= 11 is 0. The second-order valence-corrected chi connectivity index (χ2v) is 4.97. The Morgan fingerprint density at radius 2 is 2.00 bits per heavy atom. The minimum Gasteiger partial charge on any atom is -0.481 e. The Morgan fingerprint density at radius 1 is 1.30 bits per heavy atom. The van der Waals surface area contributed by atoms with E-state index in [0.29, 0.717) is 6.42 Å². The van der Waals surface area contributed by atoms with Gasteiger partial charge in [0.1, 0.15) is 0 Å². The molecule has 106 valence electrons. The zero-order valence-corrected chi connectivity index (χ0v) is 11.7. The molecule has 1 unspecified atom stereocenters. The van der Waals surface area contributed by atoms with Gasteiger partial charge in [0.05, 0.1) is 12.5 Å². The summed E-state index contributed by atoms with van der Waals surface area (Å²) in [6, 6.07) is 8.08. The standard InChI is InChI=1S/C14H18N4O2/c1-10-3-5-12(6-4-10)7-8-13-15-16-17-18(13)11(2)9-14(19)20/h3-6,11H,7-9H2,1-2H3,(H,19,20). The Balaban J connectivity index is 2.01. The molecule has 2 aromatic rings. The molecule has 2 rings (SSSR count). The maximum Gasteiger partial charge on any atom is 0.305 e. The van der Waals surface area contributed by atoms with Gasteiger partial charge in [-0.2, -0.15) is 0 Å². The highest BCUT2D eigenvalue weighted by atomic mass is 16.4. The maximum absolute atomic E-state index is 10.7. The van der Waals surface area contributed by atoms with Crippen LogP contribution >= 0.6 is 0 Å². The van der Waals surface area contributed by atoms with Crippen LogP contribution < -0.4 is 0 Å². The van der Waals surface area contributed by atoms with Crippen molar-refractivity contribution in [2.24, 2.45) is 0 Å². The molecule has 0 fully saturated rings. The molecular weight excluding hydrogens is 256 g/mol. The molecule has 1 atom stereocenters. The number of carbonyl (C=O) groups is 1. The molecule has 0 bridgehead atoms. The van der Waals surface area contributed by atoms with Crippen LogP contribution in [0.1, 0.15) is 36.3 Å². The lowest BCUT2D eigenvalue weighted by Gasteiger charge is -2.10. The summed E-state index contributed by atoms with van der Waals surface area (Å²) in [5, 5.41) is 20.3. The van der Waals surface area contributed by atoms with Crippen molar-refractivity contribution >= 4 is 5.97 Å². The third-order valence-electron chi connectivity index (χ3n) is 3.21. The molecule has 6 nitrogen and oxygen atoms in total. The zero-order chi connectivity index (χ0) is 14.5. The quantitative estimate of drug-likeness (QED) is 0.868. The van der Waals surface area contributed by atoms with Crippen LogP contribution in [0.4, 0.5) is 0 Å². The lowest BCUT2D eigenvalue weighted by atomic mass is 10.1. The predicted molar refractivity (Wildman–Crippen MR) is 73.4 cm³/mol. The largest absolute Gasteiger partial charge is 0.481 e. The smallest absolute Gasteiger partial charge is 0.305 e. The Labute approximate surface area is 117 Å². The number of tetrazole rings is 1. The molecule has 0 aliphatic heterocycles. The molecule has 1 N–H and O–H groups in total. The lowest BCUT2D eigenvalue weighted by molar-refractivity contribution is -0.137. The molecule has 0 saturated heterocycles. The number of aryl methyl sites for hydroxylation is 3. The van der Waals surface area contributed by atoms with Crippen LogP contribution in [0.5, 0.6) is 0 Å². The maximum atomic E-state index is 10.7. The number of carboxylic acids is 1. The summed E-state index contributed by atoms with van der Waals surface area (Å²) in [6.07, 6.45) is 1.54. The molecule has 1 heterocycles. The van der Waals surface area contributed by atoms with Crippen molar-refractivity contribution in [2.45, 2.75) is 39.2 Å². The lowest BCUT2D eigenvalue weighted by Crippen LogP contribution is -2.15. The second-order valence-electron chi connectivity index (χ2n) is 4.97. The van der Waals surface area contributed by atoms with Gasteiger partial charge in [0.2, 0.25) is 0 Å². The zero-order valence-electron chi connectivity index (χ0n) is 11.7. The molecule has 0 aliphatic rings. The third kappa shape index (κ3) is 3.63. The van der Waals surface area contributed by atoms with Crippen LogP contribution in [-0.2, 0) is 17.6 Å². The summed E-state index contributed by atoms with van der Waals surface area (Å²) in [5.41, 5.74) is 2.45. The monoisotopic (exact) mass is 274 g/mol. The normalized spacial score (nSPS) is 12.3. The van der Waals surface area contributed by atoms with E-state index in [1.54, 1.807) is 11.6 Å². The molecule has 20 heavy (non-hydrogen) atoms. The topological polar surface area (TPSA) is 80.9 Å². The average Bonchev–Trinajstić information content (AvgIpc) is 2.86. The Bertz CT molecular complexity index is 577. The molecular formula is C14H18N4O2. The van der Waals surface area contributed by atoms with E-state index in [0.717, 1.165) is 12.2 Å². The minimum absolute atomic E-state index is 0.0164. The van der Waals surface area contributed by atoms with E-state index in [1.807, 2.05) is 0 Å². The summed E-state index contributed by atoms with van der Waals surface area (Å²) < 4.78 is 1.60. The number of aliphatic carboxylic acids is 1. The highest BCUT2D eigenvalue weighted by Gasteiger charge is 2.15. The highest BCUT2D eigenvalue weighted by Crippen LogP contribution is 2.13. The van der Waals surface area contributed by atoms with Crippen LogP contribution in [0.25, 0.3) is 0 Å². The van der Waals surface area contributed by atoms with Crippen molar-refractivity contribution in [3.8, 4) is 0 Å². The number of nitrogens with zero attached hydrogens (tertiary/aromatic N) is 4. The molecule has 1 aromatic carbocycles. The van der Waals surface area contributed by atoms with Gasteiger partial charge in [-0.3, -0.25) is 4.79 Å². The fourth-order valence-electron chi connectivity index (χ4n) is 2.07. The summed E-state index contributed by atoms with van der Waals surface area (Å²) in [7, 11) is 0. The van der Waals surface area contributed by atoms with Crippen LogP contribution in [-0.4, -0.2) is 31.3 Å². The molecule has 0 saturated carbocycles. The van der Waals surface area contributed by atoms with E-state index in [-0.39, 0.29) is 12.5 Å². The fourth-order valence-corrected chi connectivity index (χ4v) is 2.07. The van der Waals surface area contributed by atoms with Gasteiger partial charge in [0.25, 0.3) is 0 Å². The molecule has 0 aliphatic carbocycles. The van der Waals surface area contributed by atoms with E-state index in [2.05, 4.69) is 46.7 Å². The van der Waals surface area contributed by atoms with Crippen molar-refractivity contribution in [1.82, 2.24) is 20.2 Å². The molecule has 0 radical (unpaired) electrons. The summed E-state index contributed by atoms with van der Waals surface area (Å²) in [5.74, 6) is -0.128. The number of hydrogen-bond donors (Lipinski definition) is 1. The van der Waals surface area contributed by atoms with Crippen molar-refractivity contribution in [3.05, 3.63) is 41.2 Å². The van der Waals surface area contributed by atoms with Crippen LogP contribution in [0.3, 0.4) is 0 Å². The average molecular weight is 274 g/mol. The number of carboxylic acid groups (broad SMARTS) is 1. The SMILES string of the molecule is Cc1ccc(CCc2nnnn2C(C)CC(=O)O)cc1. The van der Waals surface area contributed by atoms with E-state index in [4.69, 9.17) is 5.11 Å². The Kier molecular flexibility index (Phi) is 4.45. The van der Waals surface area contributed by atoms with Crippen LogP contribution in [0.2, 0.25) is 0 Å². The van der Waals surface area contributed by atoms with Gasteiger partial charge in [-0.25, -0.2) is 4.68 Å². The highest BCUT2D eigenvalue weighted by molar-refractivity contribution is 5.67.